The molecular weight excluding hydrogens is 226 g/mol. The predicted molar refractivity (Wildman–Crippen MR) is 66.3 cm³/mol. The van der Waals surface area contributed by atoms with Crippen molar-refractivity contribution in [3.05, 3.63) is 28.8 Å². The average molecular weight is 244 g/mol. The number of ether oxygens (including phenoxy) is 2. The van der Waals surface area contributed by atoms with Crippen molar-refractivity contribution in [2.45, 2.75) is 13.0 Å². The fourth-order valence-electron chi connectivity index (χ4n) is 1.38. The normalized spacial score (nSPS) is 12.5. The Bertz CT molecular complexity index is 331. The van der Waals surface area contributed by atoms with Gasteiger partial charge in [0.1, 0.15) is 12.4 Å². The van der Waals surface area contributed by atoms with E-state index >= 15 is 0 Å². The van der Waals surface area contributed by atoms with Crippen LogP contribution in [-0.2, 0) is 4.74 Å². The Labute approximate surface area is 102 Å². The molecule has 1 N–H and O–H groups in total. The Kier molecular flexibility index (Phi) is 5.60. The van der Waals surface area contributed by atoms with E-state index in [9.17, 15) is 0 Å². The summed E-state index contributed by atoms with van der Waals surface area (Å²) >= 11 is 5.97. The lowest BCUT2D eigenvalue weighted by Crippen LogP contribution is -2.14. The highest BCUT2D eigenvalue weighted by Crippen LogP contribution is 2.28. The summed E-state index contributed by atoms with van der Waals surface area (Å²) in [6.45, 7) is 3.19. The molecular formula is C12H18ClNO2. The molecule has 16 heavy (non-hydrogen) atoms. The fraction of sp³-hybridized carbons (Fsp3) is 0.500. The number of halogens is 1. The summed E-state index contributed by atoms with van der Waals surface area (Å²) in [4.78, 5) is 0. The SMILES string of the molecule is CNC(C)c1cc(Cl)ccc1OCCOC. The van der Waals surface area contributed by atoms with Gasteiger partial charge in [0.05, 0.1) is 6.61 Å². The van der Waals surface area contributed by atoms with Gasteiger partial charge in [-0.15, -0.1) is 0 Å². The van der Waals surface area contributed by atoms with E-state index in [1.54, 1.807) is 7.11 Å². The van der Waals surface area contributed by atoms with Crippen LogP contribution in [0.5, 0.6) is 5.75 Å². The lowest BCUT2D eigenvalue weighted by atomic mass is 10.1. The summed E-state index contributed by atoms with van der Waals surface area (Å²) in [5, 5.41) is 3.89. The highest BCUT2D eigenvalue weighted by atomic mass is 35.5. The Balaban J connectivity index is 2.80. The third-order valence-corrected chi connectivity index (χ3v) is 2.65. The maximum absolute atomic E-state index is 5.97. The topological polar surface area (TPSA) is 30.5 Å². The lowest BCUT2D eigenvalue weighted by molar-refractivity contribution is 0.145. The first-order chi connectivity index (χ1) is 7.69. The van der Waals surface area contributed by atoms with Crippen LogP contribution >= 0.6 is 11.6 Å². The fourth-order valence-corrected chi connectivity index (χ4v) is 1.56. The molecule has 0 aliphatic carbocycles. The van der Waals surface area contributed by atoms with E-state index in [-0.39, 0.29) is 6.04 Å². The van der Waals surface area contributed by atoms with Crippen molar-refractivity contribution in [1.29, 1.82) is 0 Å². The van der Waals surface area contributed by atoms with E-state index in [4.69, 9.17) is 21.1 Å². The van der Waals surface area contributed by atoms with E-state index in [0.717, 1.165) is 16.3 Å². The quantitative estimate of drug-likeness (QED) is 0.780. The van der Waals surface area contributed by atoms with Crippen LogP contribution in [0, 0.1) is 0 Å². The van der Waals surface area contributed by atoms with Crippen molar-refractivity contribution in [2.75, 3.05) is 27.4 Å². The van der Waals surface area contributed by atoms with Gasteiger partial charge in [0.2, 0.25) is 0 Å². The number of rotatable bonds is 6. The van der Waals surface area contributed by atoms with Gasteiger partial charge in [-0.05, 0) is 32.2 Å². The maximum atomic E-state index is 5.97. The number of methoxy groups -OCH3 is 1. The van der Waals surface area contributed by atoms with Crippen molar-refractivity contribution < 1.29 is 9.47 Å². The van der Waals surface area contributed by atoms with Crippen LogP contribution in [0.1, 0.15) is 18.5 Å². The van der Waals surface area contributed by atoms with Gasteiger partial charge >= 0.3 is 0 Å². The van der Waals surface area contributed by atoms with Gasteiger partial charge in [0.15, 0.2) is 0 Å². The second kappa shape index (κ2) is 6.74. The van der Waals surface area contributed by atoms with Crippen molar-refractivity contribution in [1.82, 2.24) is 5.32 Å². The molecule has 1 aromatic rings. The molecule has 1 unspecified atom stereocenters. The Morgan fingerprint density at radius 2 is 2.12 bits per heavy atom. The van der Waals surface area contributed by atoms with Gasteiger partial charge in [-0.25, -0.2) is 0 Å². The number of hydrogen-bond donors (Lipinski definition) is 1. The molecule has 0 fully saturated rings. The van der Waals surface area contributed by atoms with Crippen molar-refractivity contribution in [3.8, 4) is 5.75 Å². The first kappa shape index (κ1) is 13.3. The van der Waals surface area contributed by atoms with Crippen LogP contribution in [0.4, 0.5) is 0 Å². The summed E-state index contributed by atoms with van der Waals surface area (Å²) in [6.07, 6.45) is 0. The Hall–Kier alpha value is -0.770. The molecule has 0 spiro atoms. The minimum atomic E-state index is 0.205. The van der Waals surface area contributed by atoms with Gasteiger partial charge in [0, 0.05) is 23.7 Å². The molecule has 1 aromatic carbocycles. The number of benzene rings is 1. The summed E-state index contributed by atoms with van der Waals surface area (Å²) in [6, 6.07) is 5.85. The summed E-state index contributed by atoms with van der Waals surface area (Å²) < 4.78 is 10.6. The zero-order chi connectivity index (χ0) is 12.0. The predicted octanol–water partition coefficient (Wildman–Crippen LogP) is 2.65. The third kappa shape index (κ3) is 3.67. The van der Waals surface area contributed by atoms with E-state index in [0.29, 0.717) is 13.2 Å². The second-order valence-corrected chi connectivity index (χ2v) is 3.97. The van der Waals surface area contributed by atoms with Crippen LogP contribution in [0.3, 0.4) is 0 Å². The monoisotopic (exact) mass is 243 g/mol. The van der Waals surface area contributed by atoms with E-state index < -0.39 is 0 Å². The minimum absolute atomic E-state index is 0.205. The van der Waals surface area contributed by atoms with E-state index in [2.05, 4.69) is 12.2 Å². The molecule has 90 valence electrons. The molecule has 0 amide bonds. The van der Waals surface area contributed by atoms with Crippen LogP contribution in [-0.4, -0.2) is 27.4 Å². The van der Waals surface area contributed by atoms with Gasteiger partial charge in [0.25, 0.3) is 0 Å². The highest BCUT2D eigenvalue weighted by molar-refractivity contribution is 6.30. The first-order valence-corrected chi connectivity index (χ1v) is 5.65. The highest BCUT2D eigenvalue weighted by Gasteiger charge is 2.10. The summed E-state index contributed by atoms with van der Waals surface area (Å²) in [5.74, 6) is 0.850. The van der Waals surface area contributed by atoms with Crippen LogP contribution < -0.4 is 10.1 Å². The van der Waals surface area contributed by atoms with Crippen LogP contribution in [0.2, 0.25) is 5.02 Å². The smallest absolute Gasteiger partial charge is 0.124 e. The van der Waals surface area contributed by atoms with Crippen molar-refractivity contribution in [3.63, 3.8) is 0 Å². The summed E-state index contributed by atoms with van der Waals surface area (Å²) in [5.41, 5.74) is 1.06. The molecule has 0 saturated carbocycles. The molecule has 0 saturated heterocycles. The van der Waals surface area contributed by atoms with E-state index in [1.807, 2.05) is 25.2 Å². The Morgan fingerprint density at radius 1 is 1.38 bits per heavy atom. The zero-order valence-corrected chi connectivity index (χ0v) is 10.7. The molecule has 0 aromatic heterocycles. The zero-order valence-electron chi connectivity index (χ0n) is 9.92. The molecule has 3 nitrogen and oxygen atoms in total. The van der Waals surface area contributed by atoms with Gasteiger partial charge in [-0.1, -0.05) is 11.6 Å². The molecule has 0 radical (unpaired) electrons. The van der Waals surface area contributed by atoms with Gasteiger partial charge in [-0.3, -0.25) is 0 Å². The average Bonchev–Trinajstić information content (AvgIpc) is 2.30. The van der Waals surface area contributed by atoms with Crippen LogP contribution in [0.25, 0.3) is 0 Å². The summed E-state index contributed by atoms with van der Waals surface area (Å²) in [7, 11) is 3.56. The molecule has 0 heterocycles. The maximum Gasteiger partial charge on any atom is 0.124 e. The van der Waals surface area contributed by atoms with Crippen molar-refractivity contribution in [2.24, 2.45) is 0 Å². The van der Waals surface area contributed by atoms with Crippen LogP contribution in [0.15, 0.2) is 18.2 Å². The lowest BCUT2D eigenvalue weighted by Gasteiger charge is -2.16. The molecule has 0 aliphatic heterocycles. The molecule has 1 atom stereocenters. The standard InChI is InChI=1S/C12H18ClNO2/c1-9(14-2)11-8-10(13)4-5-12(11)16-7-6-15-3/h4-5,8-9,14H,6-7H2,1-3H3. The molecule has 0 bridgehead atoms. The van der Waals surface area contributed by atoms with E-state index in [1.165, 1.54) is 0 Å². The third-order valence-electron chi connectivity index (χ3n) is 2.42. The molecule has 0 aliphatic rings. The minimum Gasteiger partial charge on any atom is -0.491 e. The first-order valence-electron chi connectivity index (χ1n) is 5.27. The number of hydrogen-bond acceptors (Lipinski definition) is 3. The molecule has 4 heteroatoms. The van der Waals surface area contributed by atoms with Gasteiger partial charge in [-0.2, -0.15) is 0 Å². The largest absolute Gasteiger partial charge is 0.491 e. The van der Waals surface area contributed by atoms with Gasteiger partial charge < -0.3 is 14.8 Å². The molecule has 1 rings (SSSR count). The second-order valence-electron chi connectivity index (χ2n) is 3.53. The van der Waals surface area contributed by atoms with Crippen molar-refractivity contribution >= 4 is 11.6 Å². The Morgan fingerprint density at radius 3 is 2.75 bits per heavy atom. The number of nitrogens with one attached hydrogen (secondary N) is 1.